The normalized spacial score (nSPS) is 16.3. The number of nitrogens with zero attached hydrogens (tertiary/aromatic N) is 2. The summed E-state index contributed by atoms with van der Waals surface area (Å²) in [6, 6.07) is 20.2. The summed E-state index contributed by atoms with van der Waals surface area (Å²) < 4.78 is 0. The van der Waals surface area contributed by atoms with Crippen molar-refractivity contribution in [3.05, 3.63) is 71.8 Å². The van der Waals surface area contributed by atoms with Gasteiger partial charge in [-0.1, -0.05) is 79.7 Å². The quantitative estimate of drug-likeness (QED) is 0.749. The minimum absolute atomic E-state index is 0.0926. The van der Waals surface area contributed by atoms with Gasteiger partial charge < -0.3 is 9.74 Å². The van der Waals surface area contributed by atoms with Gasteiger partial charge in [0.25, 0.3) is 0 Å². The van der Waals surface area contributed by atoms with Crippen LogP contribution in [0.5, 0.6) is 0 Å². The van der Waals surface area contributed by atoms with Crippen molar-refractivity contribution in [1.82, 2.24) is 4.90 Å². The molecule has 4 heteroatoms. The SMILES string of the molecule is CC(C)CC(=O)N(Cc1ccccc1)CC1CC(c2ccccc2)=NO1. The number of oxime groups is 1. The second-order valence-corrected chi connectivity index (χ2v) is 7.19. The fourth-order valence-corrected chi connectivity index (χ4v) is 3.11. The predicted molar refractivity (Wildman–Crippen MR) is 104 cm³/mol. The predicted octanol–water partition coefficient (Wildman–Crippen LogP) is 4.25. The molecule has 1 heterocycles. The van der Waals surface area contributed by atoms with Crippen LogP contribution in [0.3, 0.4) is 0 Å². The molecule has 2 aromatic rings. The molecule has 1 aliphatic heterocycles. The van der Waals surface area contributed by atoms with Gasteiger partial charge >= 0.3 is 0 Å². The van der Waals surface area contributed by atoms with E-state index in [1.807, 2.05) is 53.4 Å². The van der Waals surface area contributed by atoms with Crippen molar-refractivity contribution in [2.75, 3.05) is 6.54 Å². The third kappa shape index (κ3) is 4.94. The van der Waals surface area contributed by atoms with Gasteiger partial charge in [-0.05, 0) is 17.0 Å². The molecule has 0 spiro atoms. The number of amides is 1. The Morgan fingerprint density at radius 3 is 2.42 bits per heavy atom. The van der Waals surface area contributed by atoms with Crippen LogP contribution in [0.15, 0.2) is 65.8 Å². The molecule has 0 bridgehead atoms. The first-order valence-electron chi connectivity index (χ1n) is 9.21. The lowest BCUT2D eigenvalue weighted by Crippen LogP contribution is -2.37. The number of hydrogen-bond acceptors (Lipinski definition) is 3. The Morgan fingerprint density at radius 2 is 1.77 bits per heavy atom. The second-order valence-electron chi connectivity index (χ2n) is 7.19. The summed E-state index contributed by atoms with van der Waals surface area (Å²) in [5, 5.41) is 4.25. The van der Waals surface area contributed by atoms with Gasteiger partial charge in [-0.3, -0.25) is 4.79 Å². The first-order valence-corrected chi connectivity index (χ1v) is 9.21. The highest BCUT2D eigenvalue weighted by Gasteiger charge is 2.27. The Morgan fingerprint density at radius 1 is 1.12 bits per heavy atom. The molecule has 26 heavy (non-hydrogen) atoms. The van der Waals surface area contributed by atoms with Gasteiger partial charge in [-0.15, -0.1) is 0 Å². The van der Waals surface area contributed by atoms with E-state index in [0.717, 1.165) is 23.3 Å². The smallest absolute Gasteiger partial charge is 0.223 e. The molecule has 2 aromatic carbocycles. The largest absolute Gasteiger partial charge is 0.390 e. The first-order chi connectivity index (χ1) is 12.6. The summed E-state index contributed by atoms with van der Waals surface area (Å²) in [4.78, 5) is 20.3. The van der Waals surface area contributed by atoms with E-state index in [9.17, 15) is 4.79 Å². The summed E-state index contributed by atoms with van der Waals surface area (Å²) in [7, 11) is 0. The van der Waals surface area contributed by atoms with Crippen LogP contribution in [-0.4, -0.2) is 29.2 Å². The molecule has 0 radical (unpaired) electrons. The van der Waals surface area contributed by atoms with E-state index in [0.29, 0.717) is 25.4 Å². The number of hydrogen-bond donors (Lipinski definition) is 0. The van der Waals surface area contributed by atoms with E-state index < -0.39 is 0 Å². The van der Waals surface area contributed by atoms with Gasteiger partial charge in [0.1, 0.15) is 0 Å². The van der Waals surface area contributed by atoms with Crippen LogP contribution in [0.25, 0.3) is 0 Å². The van der Waals surface area contributed by atoms with Crippen LogP contribution in [0.4, 0.5) is 0 Å². The Hall–Kier alpha value is -2.62. The van der Waals surface area contributed by atoms with Gasteiger partial charge in [-0.25, -0.2) is 0 Å². The topological polar surface area (TPSA) is 41.9 Å². The maximum absolute atomic E-state index is 12.7. The molecule has 4 nitrogen and oxygen atoms in total. The first kappa shape index (κ1) is 18.2. The molecule has 1 amide bonds. The molecular formula is C22H26N2O2. The van der Waals surface area contributed by atoms with E-state index in [-0.39, 0.29) is 12.0 Å². The zero-order valence-corrected chi connectivity index (χ0v) is 15.5. The van der Waals surface area contributed by atoms with Gasteiger partial charge in [-0.2, -0.15) is 0 Å². The maximum atomic E-state index is 12.7. The van der Waals surface area contributed by atoms with Crippen molar-refractivity contribution >= 4 is 11.6 Å². The second kappa shape index (κ2) is 8.65. The minimum Gasteiger partial charge on any atom is -0.390 e. The summed E-state index contributed by atoms with van der Waals surface area (Å²) in [5.41, 5.74) is 3.16. The average molecular weight is 350 g/mol. The standard InChI is InChI=1S/C22H26N2O2/c1-17(2)13-22(25)24(15-18-9-5-3-6-10-18)16-20-14-21(23-26-20)19-11-7-4-8-12-19/h3-12,17,20H,13-16H2,1-2H3. The lowest BCUT2D eigenvalue weighted by atomic mass is 10.0. The Labute approximate surface area is 155 Å². The van der Waals surface area contributed by atoms with Gasteiger partial charge in [0.05, 0.1) is 12.3 Å². The van der Waals surface area contributed by atoms with Crippen LogP contribution in [0, 0.1) is 5.92 Å². The molecule has 0 saturated heterocycles. The number of rotatable bonds is 7. The number of benzene rings is 2. The van der Waals surface area contributed by atoms with Crippen molar-refractivity contribution in [2.45, 2.75) is 39.3 Å². The van der Waals surface area contributed by atoms with Crippen LogP contribution in [0.2, 0.25) is 0 Å². The average Bonchev–Trinajstić information content (AvgIpc) is 3.11. The molecule has 0 aliphatic carbocycles. The van der Waals surface area contributed by atoms with Crippen LogP contribution >= 0.6 is 0 Å². The molecule has 3 rings (SSSR count). The maximum Gasteiger partial charge on any atom is 0.223 e. The van der Waals surface area contributed by atoms with Crippen molar-refractivity contribution in [2.24, 2.45) is 11.1 Å². The van der Waals surface area contributed by atoms with E-state index in [1.165, 1.54) is 0 Å². The van der Waals surface area contributed by atoms with Gasteiger partial charge in [0.15, 0.2) is 6.10 Å². The van der Waals surface area contributed by atoms with Crippen LogP contribution < -0.4 is 0 Å². The van der Waals surface area contributed by atoms with E-state index in [1.54, 1.807) is 0 Å². The molecule has 1 unspecified atom stereocenters. The van der Waals surface area contributed by atoms with Crippen LogP contribution in [-0.2, 0) is 16.2 Å². The Bertz CT molecular complexity index is 741. The van der Waals surface area contributed by atoms with Crippen molar-refractivity contribution < 1.29 is 9.63 Å². The zero-order chi connectivity index (χ0) is 18.4. The Balaban J connectivity index is 1.65. The summed E-state index contributed by atoms with van der Waals surface area (Å²) >= 11 is 0. The molecule has 1 aliphatic rings. The third-order valence-electron chi connectivity index (χ3n) is 4.42. The van der Waals surface area contributed by atoms with Crippen molar-refractivity contribution in [3.63, 3.8) is 0 Å². The lowest BCUT2D eigenvalue weighted by Gasteiger charge is -2.26. The highest BCUT2D eigenvalue weighted by molar-refractivity contribution is 6.01. The van der Waals surface area contributed by atoms with Gasteiger partial charge in [0.2, 0.25) is 5.91 Å². The highest BCUT2D eigenvalue weighted by atomic mass is 16.6. The van der Waals surface area contributed by atoms with Crippen molar-refractivity contribution in [3.8, 4) is 0 Å². The fourth-order valence-electron chi connectivity index (χ4n) is 3.11. The van der Waals surface area contributed by atoms with E-state index in [2.05, 4.69) is 31.1 Å². The highest BCUT2D eigenvalue weighted by Crippen LogP contribution is 2.19. The van der Waals surface area contributed by atoms with Crippen molar-refractivity contribution in [1.29, 1.82) is 0 Å². The number of carbonyl (C=O) groups is 1. The summed E-state index contributed by atoms with van der Waals surface area (Å²) in [6.07, 6.45) is 1.18. The molecule has 0 fully saturated rings. The Kier molecular flexibility index (Phi) is 6.05. The third-order valence-corrected chi connectivity index (χ3v) is 4.42. The minimum atomic E-state index is -0.0926. The molecule has 136 valence electrons. The van der Waals surface area contributed by atoms with E-state index >= 15 is 0 Å². The number of carbonyl (C=O) groups excluding carboxylic acids is 1. The molecule has 0 N–H and O–H groups in total. The van der Waals surface area contributed by atoms with Gasteiger partial charge in [0, 0.05) is 19.4 Å². The summed E-state index contributed by atoms with van der Waals surface area (Å²) in [6.45, 7) is 5.30. The summed E-state index contributed by atoms with van der Waals surface area (Å²) in [5.74, 6) is 0.502. The fraction of sp³-hybridized carbons (Fsp3) is 0.364. The molecule has 0 saturated carbocycles. The monoisotopic (exact) mass is 350 g/mol. The van der Waals surface area contributed by atoms with E-state index in [4.69, 9.17) is 4.84 Å². The van der Waals surface area contributed by atoms with Crippen LogP contribution in [0.1, 0.15) is 37.8 Å². The molecule has 0 aromatic heterocycles. The molecular weight excluding hydrogens is 324 g/mol. The zero-order valence-electron chi connectivity index (χ0n) is 15.5. The lowest BCUT2D eigenvalue weighted by molar-refractivity contribution is -0.134. The molecule has 1 atom stereocenters.